The maximum Gasteiger partial charge on any atom is 0.267 e. The Bertz CT molecular complexity index is 416. The Hall–Kier alpha value is -1.30. The van der Waals surface area contributed by atoms with E-state index in [1.807, 2.05) is 26.0 Å². The second-order valence-electron chi connectivity index (χ2n) is 4.80. The first kappa shape index (κ1) is 14.8. The summed E-state index contributed by atoms with van der Waals surface area (Å²) in [5.74, 6) is 0.768. The van der Waals surface area contributed by atoms with Crippen molar-refractivity contribution in [3.05, 3.63) is 4.88 Å². The van der Waals surface area contributed by atoms with Crippen molar-refractivity contribution in [2.45, 2.75) is 20.3 Å². The number of nitrogens with zero attached hydrogens (tertiary/aromatic N) is 3. The van der Waals surface area contributed by atoms with Crippen LogP contribution in [0.5, 0.6) is 0 Å². The van der Waals surface area contributed by atoms with Crippen molar-refractivity contribution in [1.82, 2.24) is 9.88 Å². The van der Waals surface area contributed by atoms with Gasteiger partial charge in [-0.15, -0.1) is 0 Å². The number of amides is 1. The van der Waals surface area contributed by atoms with E-state index in [1.165, 1.54) is 11.3 Å². The smallest absolute Gasteiger partial charge is 0.267 e. The number of aromatic nitrogens is 1. The lowest BCUT2D eigenvalue weighted by Crippen LogP contribution is -2.30. The molecule has 1 aromatic rings. The van der Waals surface area contributed by atoms with Gasteiger partial charge in [-0.2, -0.15) is 0 Å². The van der Waals surface area contributed by atoms with Crippen LogP contribution in [0.2, 0.25) is 0 Å². The molecule has 0 fully saturated rings. The number of hydrogen-bond donors (Lipinski definition) is 1. The highest BCUT2D eigenvalue weighted by Gasteiger charge is 2.21. The molecule has 102 valence electrons. The van der Waals surface area contributed by atoms with E-state index >= 15 is 0 Å². The molecule has 2 N–H and O–H groups in total. The topological polar surface area (TPSA) is 62.5 Å². The fourth-order valence-electron chi connectivity index (χ4n) is 1.52. The summed E-state index contributed by atoms with van der Waals surface area (Å²) in [6.07, 6.45) is 1.05. The van der Waals surface area contributed by atoms with Gasteiger partial charge in [-0.05, 0) is 5.92 Å². The quantitative estimate of drug-likeness (QED) is 0.887. The molecule has 1 rings (SSSR count). The number of hydrogen-bond acceptors (Lipinski definition) is 5. The monoisotopic (exact) mass is 270 g/mol. The maximum atomic E-state index is 12.3. The van der Waals surface area contributed by atoms with E-state index in [0.29, 0.717) is 16.6 Å². The molecule has 1 amide bonds. The van der Waals surface area contributed by atoms with Crippen molar-refractivity contribution < 1.29 is 4.79 Å². The molecule has 0 aliphatic rings. The molecule has 0 aliphatic heterocycles. The summed E-state index contributed by atoms with van der Waals surface area (Å²) in [7, 11) is 5.58. The van der Waals surface area contributed by atoms with Crippen LogP contribution in [0.4, 0.5) is 10.9 Å². The molecule has 0 spiro atoms. The number of rotatable bonds is 5. The minimum absolute atomic E-state index is 0.0431. The van der Waals surface area contributed by atoms with Gasteiger partial charge in [0.1, 0.15) is 10.7 Å². The molecule has 18 heavy (non-hydrogen) atoms. The third-order valence-electron chi connectivity index (χ3n) is 2.85. The lowest BCUT2D eigenvalue weighted by Gasteiger charge is -2.20. The number of nitrogens with two attached hydrogens (primary N) is 1. The van der Waals surface area contributed by atoms with E-state index in [1.54, 1.807) is 4.90 Å². The van der Waals surface area contributed by atoms with Gasteiger partial charge in [-0.3, -0.25) is 4.79 Å². The predicted octanol–water partition coefficient (Wildman–Crippen LogP) is 1.91. The summed E-state index contributed by atoms with van der Waals surface area (Å²) in [5.41, 5.74) is 5.81. The molecule has 0 saturated carbocycles. The number of nitrogen functional groups attached to an aromatic ring is 1. The first-order valence-corrected chi connectivity index (χ1v) is 6.87. The molecule has 5 nitrogen and oxygen atoms in total. The third-order valence-corrected chi connectivity index (χ3v) is 4.07. The molecule has 0 aliphatic carbocycles. The van der Waals surface area contributed by atoms with Crippen molar-refractivity contribution in [2.75, 3.05) is 38.3 Å². The van der Waals surface area contributed by atoms with Crippen molar-refractivity contribution in [3.63, 3.8) is 0 Å². The van der Waals surface area contributed by atoms with Gasteiger partial charge in [-0.1, -0.05) is 31.6 Å². The normalized spacial score (nSPS) is 12.3. The summed E-state index contributed by atoms with van der Waals surface area (Å²) in [6, 6.07) is 0. The summed E-state index contributed by atoms with van der Waals surface area (Å²) >= 11 is 1.34. The first-order chi connectivity index (χ1) is 8.36. The second kappa shape index (κ2) is 6.04. The van der Waals surface area contributed by atoms with Crippen LogP contribution >= 0.6 is 11.3 Å². The zero-order valence-corrected chi connectivity index (χ0v) is 12.5. The number of carbonyl (C=O) groups excluding carboxylic acids is 1. The lowest BCUT2D eigenvalue weighted by atomic mass is 10.1. The van der Waals surface area contributed by atoms with Crippen LogP contribution in [0.15, 0.2) is 0 Å². The fraction of sp³-hybridized carbons (Fsp3) is 0.667. The minimum atomic E-state index is -0.0431. The van der Waals surface area contributed by atoms with Gasteiger partial charge in [0.2, 0.25) is 0 Å². The van der Waals surface area contributed by atoms with E-state index in [-0.39, 0.29) is 5.91 Å². The Kier molecular flexibility index (Phi) is 4.95. The van der Waals surface area contributed by atoms with Crippen LogP contribution < -0.4 is 10.6 Å². The van der Waals surface area contributed by atoms with Gasteiger partial charge in [0.05, 0.1) is 0 Å². The number of thiazole rings is 1. The maximum absolute atomic E-state index is 12.3. The van der Waals surface area contributed by atoms with Gasteiger partial charge < -0.3 is 15.5 Å². The Labute approximate surface area is 113 Å². The Morgan fingerprint density at radius 1 is 1.44 bits per heavy atom. The number of carbonyl (C=O) groups is 1. The lowest BCUT2D eigenvalue weighted by molar-refractivity contribution is 0.0780. The van der Waals surface area contributed by atoms with Crippen LogP contribution in [-0.2, 0) is 0 Å². The van der Waals surface area contributed by atoms with Gasteiger partial charge in [-0.25, -0.2) is 4.98 Å². The zero-order chi connectivity index (χ0) is 13.9. The van der Waals surface area contributed by atoms with Crippen LogP contribution in [0.1, 0.15) is 29.9 Å². The van der Waals surface area contributed by atoms with E-state index in [2.05, 4.69) is 18.8 Å². The van der Waals surface area contributed by atoms with Crippen molar-refractivity contribution in [1.29, 1.82) is 0 Å². The molecule has 1 aromatic heterocycles. The first-order valence-electron chi connectivity index (χ1n) is 6.05. The predicted molar refractivity (Wildman–Crippen MR) is 77.3 cm³/mol. The van der Waals surface area contributed by atoms with Crippen molar-refractivity contribution in [2.24, 2.45) is 5.92 Å². The summed E-state index contributed by atoms with van der Waals surface area (Å²) < 4.78 is 0. The van der Waals surface area contributed by atoms with Crippen LogP contribution in [0.3, 0.4) is 0 Å². The standard InChI is InChI=1S/C12H22N4OS/c1-6-8(2)7-16(5)11(17)9-10(13)14-12(18-9)15(3)4/h8H,6-7,13H2,1-5H3. The highest BCUT2D eigenvalue weighted by atomic mass is 32.1. The summed E-state index contributed by atoms with van der Waals surface area (Å²) in [4.78, 5) is 20.5. The van der Waals surface area contributed by atoms with Crippen molar-refractivity contribution in [3.8, 4) is 0 Å². The number of anilines is 2. The Morgan fingerprint density at radius 2 is 2.06 bits per heavy atom. The minimum Gasteiger partial charge on any atom is -0.382 e. The molecule has 0 aromatic carbocycles. The van der Waals surface area contributed by atoms with Crippen LogP contribution in [-0.4, -0.2) is 43.5 Å². The highest BCUT2D eigenvalue weighted by Crippen LogP contribution is 2.27. The second-order valence-corrected chi connectivity index (χ2v) is 5.78. The van der Waals surface area contributed by atoms with Gasteiger partial charge in [0.25, 0.3) is 5.91 Å². The highest BCUT2D eigenvalue weighted by molar-refractivity contribution is 7.18. The van der Waals surface area contributed by atoms with Gasteiger partial charge in [0.15, 0.2) is 5.13 Å². The SMILES string of the molecule is CCC(C)CN(C)C(=O)c1sc(N(C)C)nc1N. The molecule has 1 heterocycles. The van der Waals surface area contributed by atoms with E-state index in [9.17, 15) is 4.79 Å². The van der Waals surface area contributed by atoms with E-state index in [0.717, 1.165) is 18.1 Å². The summed E-state index contributed by atoms with van der Waals surface area (Å²) in [5, 5.41) is 0.757. The van der Waals surface area contributed by atoms with E-state index < -0.39 is 0 Å². The molecular formula is C12H22N4OS. The molecule has 6 heteroatoms. The molecule has 1 unspecified atom stereocenters. The average molecular weight is 270 g/mol. The fourth-order valence-corrected chi connectivity index (χ4v) is 2.42. The third kappa shape index (κ3) is 3.35. The zero-order valence-electron chi connectivity index (χ0n) is 11.7. The molecular weight excluding hydrogens is 248 g/mol. The Balaban J connectivity index is 2.83. The van der Waals surface area contributed by atoms with Crippen molar-refractivity contribution >= 4 is 28.2 Å². The molecule has 0 radical (unpaired) electrons. The largest absolute Gasteiger partial charge is 0.382 e. The Morgan fingerprint density at radius 3 is 2.50 bits per heavy atom. The molecule has 0 bridgehead atoms. The average Bonchev–Trinajstić information content (AvgIpc) is 2.70. The van der Waals surface area contributed by atoms with Crippen LogP contribution in [0, 0.1) is 5.92 Å². The van der Waals surface area contributed by atoms with Gasteiger partial charge in [0, 0.05) is 27.7 Å². The van der Waals surface area contributed by atoms with Crippen LogP contribution in [0.25, 0.3) is 0 Å². The van der Waals surface area contributed by atoms with Gasteiger partial charge >= 0.3 is 0 Å². The summed E-state index contributed by atoms with van der Waals surface area (Å²) in [6.45, 7) is 4.99. The van der Waals surface area contributed by atoms with E-state index in [4.69, 9.17) is 5.73 Å². The molecule has 0 saturated heterocycles. The molecule has 1 atom stereocenters.